The van der Waals surface area contributed by atoms with E-state index in [4.69, 9.17) is 23.4 Å². The van der Waals surface area contributed by atoms with Crippen molar-refractivity contribution in [2.45, 2.75) is 68.3 Å². The second-order valence-electron chi connectivity index (χ2n) is 10.3. The topological polar surface area (TPSA) is 269 Å². The third-order valence-electron chi connectivity index (χ3n) is 7.29. The Hall–Kier alpha value is -3.71. The predicted octanol–water partition coefficient (Wildman–Crippen LogP) is -1.69. The molecule has 16 heteroatoms. The van der Waals surface area contributed by atoms with Crippen molar-refractivity contribution in [3.05, 3.63) is 40.6 Å². The first-order valence-electron chi connectivity index (χ1n) is 13.0. The molecule has 2 aliphatic heterocycles. The Bertz CT molecular complexity index is 1540. The van der Waals surface area contributed by atoms with Gasteiger partial charge in [-0.15, -0.1) is 0 Å². The molecule has 5 rings (SSSR count). The van der Waals surface area contributed by atoms with Crippen LogP contribution in [0, 0.1) is 0 Å². The van der Waals surface area contributed by atoms with Crippen LogP contribution in [0.15, 0.2) is 39.5 Å². The maximum atomic E-state index is 13.6. The second kappa shape index (κ2) is 11.8. The number of benzene rings is 2. The lowest BCUT2D eigenvalue weighted by molar-refractivity contribution is -0.318. The number of fused-ring (bicyclic) bond motifs is 1. The summed E-state index contributed by atoms with van der Waals surface area (Å²) in [6.07, 6.45) is -16.1. The molecule has 2 fully saturated rings. The summed E-state index contributed by atoms with van der Waals surface area (Å²) in [6, 6.07) is 5.21. The number of phenolic OH excluding ortho intramolecular Hbond substituents is 4. The van der Waals surface area contributed by atoms with Gasteiger partial charge in [0.05, 0.1) is 18.1 Å². The van der Waals surface area contributed by atoms with Crippen molar-refractivity contribution in [1.29, 1.82) is 0 Å². The van der Waals surface area contributed by atoms with Crippen molar-refractivity contribution in [2.75, 3.05) is 6.61 Å². The van der Waals surface area contributed by atoms with Crippen LogP contribution in [-0.2, 0) is 14.2 Å². The highest BCUT2D eigenvalue weighted by molar-refractivity contribution is 5.87. The molecule has 43 heavy (non-hydrogen) atoms. The molecule has 1 aromatic heterocycles. The van der Waals surface area contributed by atoms with E-state index in [-0.39, 0.29) is 16.5 Å². The molecule has 10 atom stereocenters. The predicted molar refractivity (Wildman–Crippen MR) is 140 cm³/mol. The van der Waals surface area contributed by atoms with E-state index in [1.54, 1.807) is 0 Å². The summed E-state index contributed by atoms with van der Waals surface area (Å²) < 4.78 is 27.8. The number of aliphatic hydroxyl groups is 6. The Morgan fingerprint density at radius 3 is 2.12 bits per heavy atom. The number of hydrogen-bond acceptors (Lipinski definition) is 16. The van der Waals surface area contributed by atoms with Crippen molar-refractivity contribution >= 4 is 11.0 Å². The molecule has 0 spiro atoms. The van der Waals surface area contributed by atoms with Gasteiger partial charge in [-0.1, -0.05) is 0 Å². The molecular weight excluding hydrogens is 580 g/mol. The van der Waals surface area contributed by atoms with Gasteiger partial charge in [0.2, 0.25) is 17.5 Å². The summed E-state index contributed by atoms with van der Waals surface area (Å²) in [7, 11) is 0. The van der Waals surface area contributed by atoms with Gasteiger partial charge < -0.3 is 74.4 Å². The molecule has 10 N–H and O–H groups in total. The molecular formula is C27H30O16. The van der Waals surface area contributed by atoms with Crippen molar-refractivity contribution in [1.82, 2.24) is 0 Å². The molecule has 0 unspecified atom stereocenters. The maximum Gasteiger partial charge on any atom is 0.235 e. The molecule has 234 valence electrons. The molecule has 2 aliphatic rings. The zero-order chi connectivity index (χ0) is 31.3. The molecule has 0 saturated carbocycles. The van der Waals surface area contributed by atoms with Gasteiger partial charge in [0.25, 0.3) is 0 Å². The van der Waals surface area contributed by atoms with E-state index < -0.39 is 108 Å². The zero-order valence-electron chi connectivity index (χ0n) is 22.3. The fourth-order valence-electron chi connectivity index (χ4n) is 4.82. The van der Waals surface area contributed by atoms with E-state index >= 15 is 0 Å². The third-order valence-corrected chi connectivity index (χ3v) is 7.29. The van der Waals surface area contributed by atoms with Crippen LogP contribution in [0.3, 0.4) is 0 Å². The average Bonchev–Trinajstić information content (AvgIpc) is 2.96. The molecule has 0 bridgehead atoms. The van der Waals surface area contributed by atoms with Crippen molar-refractivity contribution in [2.24, 2.45) is 0 Å². The molecule has 16 nitrogen and oxygen atoms in total. The lowest BCUT2D eigenvalue weighted by Crippen LogP contribution is -2.61. The molecule has 2 aromatic carbocycles. The molecule has 3 aromatic rings. The molecule has 0 amide bonds. The van der Waals surface area contributed by atoms with Crippen LogP contribution in [-0.4, -0.2) is 119 Å². The van der Waals surface area contributed by atoms with Crippen LogP contribution >= 0.6 is 0 Å². The molecule has 0 aliphatic carbocycles. The van der Waals surface area contributed by atoms with Crippen LogP contribution < -0.4 is 10.2 Å². The van der Waals surface area contributed by atoms with E-state index in [1.165, 1.54) is 13.0 Å². The summed E-state index contributed by atoms with van der Waals surface area (Å²) in [6.45, 7) is 0.820. The van der Waals surface area contributed by atoms with Crippen LogP contribution in [0.4, 0.5) is 0 Å². The summed E-state index contributed by atoms with van der Waals surface area (Å²) in [5, 5.41) is 101. The van der Waals surface area contributed by atoms with Gasteiger partial charge in [-0.2, -0.15) is 0 Å². The molecule has 2 saturated heterocycles. The maximum absolute atomic E-state index is 13.6. The molecule has 0 radical (unpaired) electrons. The van der Waals surface area contributed by atoms with Crippen molar-refractivity contribution < 1.29 is 74.4 Å². The number of hydrogen-bond donors (Lipinski definition) is 10. The third kappa shape index (κ3) is 5.67. The van der Waals surface area contributed by atoms with Gasteiger partial charge in [-0.05, 0) is 31.2 Å². The minimum atomic E-state index is -1.96. The number of rotatable bonds is 6. The van der Waals surface area contributed by atoms with E-state index in [2.05, 4.69) is 0 Å². The van der Waals surface area contributed by atoms with E-state index in [0.717, 1.165) is 24.3 Å². The average molecular weight is 611 g/mol. The number of phenols is 4. The SMILES string of the molecule is C[C@@H]1O[C@@H](OC[C@H]2O[C@@H](Oc3c(-c4ccc(O)c(O)c4)oc4c(O)cc(O)cc4c3=O)[C@H](O)[C@@H](O)[C@@H]2O)[C@H](O)[C@H](O)[C@H]1O. The lowest BCUT2D eigenvalue weighted by atomic mass is 9.98. The quantitative estimate of drug-likeness (QED) is 0.140. The number of ether oxygens (including phenoxy) is 4. The van der Waals surface area contributed by atoms with Gasteiger partial charge in [-0.25, -0.2) is 0 Å². The van der Waals surface area contributed by atoms with Gasteiger partial charge in [0.15, 0.2) is 34.9 Å². The summed E-state index contributed by atoms with van der Waals surface area (Å²) in [5.74, 6) is -3.32. The standard InChI is InChI=1S/C27H30O16/c1-8-16(32)19(35)21(37)26(40-8)39-7-15-18(34)20(36)22(38)27(41-15)43-25-17(33)11-5-10(28)6-14(31)24(11)42-23(25)9-2-3-12(29)13(30)4-9/h2-6,8,15-16,18-22,26-32,34-38H,7H2,1H3/t8-,15+,16-,18+,19+,20-,21+,22+,26+,27-/m0/s1. The minimum absolute atomic E-state index is 0.0409. The fraction of sp³-hybridized carbons (Fsp3) is 0.444. The first-order chi connectivity index (χ1) is 20.3. The first kappa shape index (κ1) is 30.7. The molecule has 3 heterocycles. The highest BCUT2D eigenvalue weighted by Gasteiger charge is 2.47. The fourth-order valence-corrected chi connectivity index (χ4v) is 4.82. The highest BCUT2D eigenvalue weighted by Crippen LogP contribution is 2.39. The van der Waals surface area contributed by atoms with Crippen LogP contribution in [0.2, 0.25) is 0 Å². The largest absolute Gasteiger partial charge is 0.508 e. The van der Waals surface area contributed by atoms with Crippen molar-refractivity contribution in [3.63, 3.8) is 0 Å². The minimum Gasteiger partial charge on any atom is -0.508 e. The Morgan fingerprint density at radius 2 is 1.42 bits per heavy atom. The second-order valence-corrected chi connectivity index (χ2v) is 10.3. The smallest absolute Gasteiger partial charge is 0.235 e. The monoisotopic (exact) mass is 610 g/mol. The number of aromatic hydroxyl groups is 4. The normalized spacial score (nSPS) is 33.0. The summed E-state index contributed by atoms with van der Waals surface area (Å²) in [4.78, 5) is 13.6. The van der Waals surface area contributed by atoms with Crippen LogP contribution in [0.1, 0.15) is 6.92 Å². The zero-order valence-corrected chi connectivity index (χ0v) is 22.3. The van der Waals surface area contributed by atoms with Gasteiger partial charge in [0, 0.05) is 11.6 Å². The van der Waals surface area contributed by atoms with Gasteiger partial charge in [-0.3, -0.25) is 4.79 Å². The first-order valence-corrected chi connectivity index (χ1v) is 13.0. The van der Waals surface area contributed by atoms with Gasteiger partial charge >= 0.3 is 0 Å². The lowest BCUT2D eigenvalue weighted by Gasteiger charge is -2.42. The van der Waals surface area contributed by atoms with Crippen molar-refractivity contribution in [3.8, 4) is 40.1 Å². The Labute approximate surface area is 241 Å². The van der Waals surface area contributed by atoms with Crippen LogP contribution in [0.5, 0.6) is 28.7 Å². The summed E-state index contributed by atoms with van der Waals surface area (Å²) >= 11 is 0. The Balaban J connectivity index is 1.48. The van der Waals surface area contributed by atoms with E-state index in [9.17, 15) is 55.9 Å². The highest BCUT2D eigenvalue weighted by atomic mass is 16.7. The Morgan fingerprint density at radius 1 is 0.744 bits per heavy atom. The Kier molecular flexibility index (Phi) is 8.41. The van der Waals surface area contributed by atoms with Crippen LogP contribution in [0.25, 0.3) is 22.3 Å². The van der Waals surface area contributed by atoms with Gasteiger partial charge in [0.1, 0.15) is 48.5 Å². The van der Waals surface area contributed by atoms with E-state index in [1.807, 2.05) is 0 Å². The number of aliphatic hydroxyl groups excluding tert-OH is 6. The summed E-state index contributed by atoms with van der Waals surface area (Å²) in [5.41, 5.74) is -1.41. The van der Waals surface area contributed by atoms with E-state index in [0.29, 0.717) is 0 Å².